The Morgan fingerprint density at radius 3 is 3.06 bits per heavy atom. The first kappa shape index (κ1) is 12.6. The van der Waals surface area contributed by atoms with Gasteiger partial charge in [-0.05, 0) is 24.7 Å². The number of nitriles is 1. The van der Waals surface area contributed by atoms with Crippen LogP contribution in [0.5, 0.6) is 0 Å². The average Bonchev–Trinajstić information content (AvgIpc) is 2.38. The first-order valence-corrected chi connectivity index (χ1v) is 6.33. The molecule has 1 aromatic carbocycles. The monoisotopic (exact) mass is 261 g/mol. The minimum Gasteiger partial charge on any atom is -0.316 e. The van der Waals surface area contributed by atoms with Gasteiger partial charge in [0.1, 0.15) is 0 Å². The van der Waals surface area contributed by atoms with Crippen molar-refractivity contribution in [3.05, 3.63) is 23.8 Å². The number of nitrogens with one attached hydrogen (secondary N) is 1. The molecule has 0 unspecified atom stereocenters. The van der Waals surface area contributed by atoms with Crippen molar-refractivity contribution in [2.45, 2.75) is 11.4 Å². The largest absolute Gasteiger partial charge is 0.336 e. The normalized spacial score (nSPS) is 14.0. The summed E-state index contributed by atoms with van der Waals surface area (Å²) in [5, 5.41) is 11.7. The van der Waals surface area contributed by atoms with E-state index in [-0.39, 0.29) is 11.7 Å². The Kier molecular flexibility index (Phi) is 3.65. The Morgan fingerprint density at radius 1 is 1.61 bits per heavy atom. The number of hydrogen-bond acceptors (Lipinski definition) is 5. The van der Waals surface area contributed by atoms with Crippen molar-refractivity contribution in [2.24, 2.45) is 0 Å². The van der Waals surface area contributed by atoms with E-state index in [9.17, 15) is 9.59 Å². The molecule has 1 aliphatic heterocycles. The standard InChI is InChI=1S/C12H11N3O2S/c1-14-6-8-2-3-10-9(4-8)15(11(16)5-13)12(17)7-18-10/h2-4,14H,6-7H2,1H3. The van der Waals surface area contributed by atoms with Gasteiger partial charge in [0.15, 0.2) is 6.07 Å². The number of carbonyl (C=O) groups is 2. The van der Waals surface area contributed by atoms with E-state index in [0.29, 0.717) is 12.2 Å². The van der Waals surface area contributed by atoms with Gasteiger partial charge >= 0.3 is 5.91 Å². The second kappa shape index (κ2) is 5.21. The summed E-state index contributed by atoms with van der Waals surface area (Å²) in [6.07, 6.45) is 0. The van der Waals surface area contributed by atoms with Gasteiger partial charge in [0.2, 0.25) is 5.91 Å². The maximum atomic E-state index is 11.7. The van der Waals surface area contributed by atoms with Gasteiger partial charge in [0.25, 0.3) is 0 Å². The second-order valence-corrected chi connectivity index (χ2v) is 4.78. The average molecular weight is 261 g/mol. The van der Waals surface area contributed by atoms with Crippen LogP contribution in [0.1, 0.15) is 5.56 Å². The van der Waals surface area contributed by atoms with Crippen molar-refractivity contribution in [3.8, 4) is 6.07 Å². The maximum absolute atomic E-state index is 11.7. The lowest BCUT2D eigenvalue weighted by atomic mass is 10.1. The molecule has 6 heteroatoms. The minimum atomic E-state index is -0.830. The topological polar surface area (TPSA) is 73.2 Å². The highest BCUT2D eigenvalue weighted by molar-refractivity contribution is 8.00. The van der Waals surface area contributed by atoms with Crippen molar-refractivity contribution in [3.63, 3.8) is 0 Å². The molecule has 0 radical (unpaired) electrons. The summed E-state index contributed by atoms with van der Waals surface area (Å²) in [4.78, 5) is 25.1. The zero-order chi connectivity index (χ0) is 13.1. The van der Waals surface area contributed by atoms with Crippen LogP contribution in [-0.4, -0.2) is 24.6 Å². The highest BCUT2D eigenvalue weighted by Crippen LogP contribution is 2.36. The number of imide groups is 1. The predicted octanol–water partition coefficient (Wildman–Crippen LogP) is 0.895. The number of rotatable bonds is 2. The summed E-state index contributed by atoms with van der Waals surface area (Å²) in [7, 11) is 1.82. The smallest absolute Gasteiger partial charge is 0.316 e. The number of anilines is 1. The number of nitrogens with zero attached hydrogens (tertiary/aromatic N) is 2. The van der Waals surface area contributed by atoms with Gasteiger partial charge in [0, 0.05) is 11.4 Å². The highest BCUT2D eigenvalue weighted by atomic mass is 32.2. The molecule has 0 aromatic heterocycles. The quantitative estimate of drug-likeness (QED) is 0.800. The third-order valence-electron chi connectivity index (χ3n) is 2.54. The van der Waals surface area contributed by atoms with Gasteiger partial charge in [-0.15, -0.1) is 11.8 Å². The molecule has 5 nitrogen and oxygen atoms in total. The Bertz CT molecular complexity index is 551. The summed E-state index contributed by atoms with van der Waals surface area (Å²) in [6.45, 7) is 0.640. The summed E-state index contributed by atoms with van der Waals surface area (Å²) in [5.41, 5.74) is 1.47. The molecule has 1 aromatic rings. The van der Waals surface area contributed by atoms with Crippen LogP contribution in [0.4, 0.5) is 5.69 Å². The highest BCUT2D eigenvalue weighted by Gasteiger charge is 2.30. The van der Waals surface area contributed by atoms with Crippen LogP contribution in [0.25, 0.3) is 0 Å². The van der Waals surface area contributed by atoms with Crippen LogP contribution in [-0.2, 0) is 16.1 Å². The lowest BCUT2D eigenvalue weighted by molar-refractivity contribution is -0.122. The minimum absolute atomic E-state index is 0.186. The lowest BCUT2D eigenvalue weighted by Gasteiger charge is -2.25. The lowest BCUT2D eigenvalue weighted by Crippen LogP contribution is -2.39. The molecule has 18 heavy (non-hydrogen) atoms. The van der Waals surface area contributed by atoms with E-state index in [4.69, 9.17) is 5.26 Å². The molecular weight excluding hydrogens is 250 g/mol. The predicted molar refractivity (Wildman–Crippen MR) is 68.0 cm³/mol. The number of hydrogen-bond donors (Lipinski definition) is 1. The Labute approximate surface area is 109 Å². The Balaban J connectivity index is 2.47. The number of carbonyl (C=O) groups excluding carboxylic acids is 2. The van der Waals surface area contributed by atoms with Crippen LogP contribution >= 0.6 is 11.8 Å². The van der Waals surface area contributed by atoms with E-state index in [1.807, 2.05) is 19.2 Å². The molecule has 2 amide bonds. The molecule has 0 fully saturated rings. The maximum Gasteiger partial charge on any atom is 0.336 e. The van der Waals surface area contributed by atoms with E-state index in [1.54, 1.807) is 6.07 Å². The molecule has 0 atom stereocenters. The molecule has 0 spiro atoms. The molecule has 2 rings (SSSR count). The van der Waals surface area contributed by atoms with E-state index >= 15 is 0 Å². The molecule has 0 aliphatic carbocycles. The van der Waals surface area contributed by atoms with Crippen LogP contribution < -0.4 is 10.2 Å². The van der Waals surface area contributed by atoms with Crippen molar-refractivity contribution in [1.29, 1.82) is 5.26 Å². The molecule has 0 saturated carbocycles. The zero-order valence-corrected chi connectivity index (χ0v) is 10.6. The van der Waals surface area contributed by atoms with Crippen molar-refractivity contribution in [1.82, 2.24) is 5.32 Å². The molecule has 1 N–H and O–H groups in total. The molecule has 0 bridgehead atoms. The second-order valence-electron chi connectivity index (χ2n) is 3.77. The summed E-state index contributed by atoms with van der Waals surface area (Å²) >= 11 is 1.38. The fourth-order valence-corrected chi connectivity index (χ4v) is 2.66. The van der Waals surface area contributed by atoms with Gasteiger partial charge in [-0.1, -0.05) is 6.07 Å². The van der Waals surface area contributed by atoms with Crippen LogP contribution in [0, 0.1) is 11.3 Å². The first-order valence-electron chi connectivity index (χ1n) is 5.34. The van der Waals surface area contributed by atoms with E-state index in [2.05, 4.69) is 5.32 Å². The summed E-state index contributed by atoms with van der Waals surface area (Å²) < 4.78 is 0. The van der Waals surface area contributed by atoms with E-state index in [1.165, 1.54) is 17.8 Å². The van der Waals surface area contributed by atoms with E-state index < -0.39 is 5.91 Å². The zero-order valence-electron chi connectivity index (χ0n) is 9.77. The van der Waals surface area contributed by atoms with Crippen LogP contribution in [0.3, 0.4) is 0 Å². The Hall–Kier alpha value is -1.84. The number of amides is 2. The third kappa shape index (κ3) is 2.23. The molecule has 1 heterocycles. The van der Waals surface area contributed by atoms with Gasteiger partial charge in [-0.25, -0.2) is 4.90 Å². The van der Waals surface area contributed by atoms with Crippen LogP contribution in [0.15, 0.2) is 23.1 Å². The van der Waals surface area contributed by atoms with E-state index in [0.717, 1.165) is 15.4 Å². The van der Waals surface area contributed by atoms with Crippen molar-refractivity contribution >= 4 is 29.3 Å². The fraction of sp³-hybridized carbons (Fsp3) is 0.250. The SMILES string of the molecule is CNCc1ccc2c(c1)N(C(=O)C#N)C(=O)CS2. The van der Waals surface area contributed by atoms with Crippen LogP contribution in [0.2, 0.25) is 0 Å². The number of benzene rings is 1. The van der Waals surface area contributed by atoms with Gasteiger partial charge in [-0.3, -0.25) is 9.59 Å². The summed E-state index contributed by atoms with van der Waals surface area (Å²) in [6, 6.07) is 7.08. The number of fused-ring (bicyclic) bond motifs is 1. The first-order chi connectivity index (χ1) is 8.67. The molecule has 0 saturated heterocycles. The summed E-state index contributed by atoms with van der Waals surface area (Å²) in [5.74, 6) is -0.991. The van der Waals surface area contributed by atoms with Gasteiger partial charge in [0.05, 0.1) is 11.4 Å². The third-order valence-corrected chi connectivity index (χ3v) is 3.59. The van der Waals surface area contributed by atoms with Gasteiger partial charge in [-0.2, -0.15) is 5.26 Å². The Morgan fingerprint density at radius 2 is 2.39 bits per heavy atom. The van der Waals surface area contributed by atoms with Crippen molar-refractivity contribution in [2.75, 3.05) is 17.7 Å². The fourth-order valence-electron chi connectivity index (χ4n) is 1.78. The van der Waals surface area contributed by atoms with Crippen molar-refractivity contribution < 1.29 is 9.59 Å². The molecular formula is C12H11N3O2S. The molecule has 1 aliphatic rings. The van der Waals surface area contributed by atoms with Gasteiger partial charge < -0.3 is 5.32 Å². The number of thioether (sulfide) groups is 1. The molecule has 92 valence electrons.